The molecule has 0 amide bonds. The van der Waals surface area contributed by atoms with Crippen molar-refractivity contribution < 1.29 is 5.11 Å². The molecule has 1 aromatic rings. The molecule has 3 nitrogen and oxygen atoms in total. The molecule has 0 bridgehead atoms. The molecule has 0 aromatic heterocycles. The minimum atomic E-state index is -0.456. The number of hydrogen-bond acceptors (Lipinski definition) is 3. The lowest BCUT2D eigenvalue weighted by atomic mass is 10.4. The van der Waals surface area contributed by atoms with Crippen LogP contribution in [-0.2, 0) is 0 Å². The maximum Gasteiger partial charge on any atom is 0.222 e. The Morgan fingerprint density at radius 1 is 1.40 bits per heavy atom. The SMILES string of the molecule is Nc1cccc(O)c(=O)c1. The van der Waals surface area contributed by atoms with E-state index in [9.17, 15) is 4.79 Å². The van der Waals surface area contributed by atoms with E-state index < -0.39 is 5.43 Å². The van der Waals surface area contributed by atoms with Gasteiger partial charge < -0.3 is 10.8 Å². The fourth-order valence-electron chi connectivity index (χ4n) is 0.606. The highest BCUT2D eigenvalue weighted by atomic mass is 16.3. The van der Waals surface area contributed by atoms with Crippen LogP contribution in [0, 0.1) is 0 Å². The average molecular weight is 137 g/mol. The second-order valence-electron chi connectivity index (χ2n) is 1.92. The molecule has 10 heavy (non-hydrogen) atoms. The van der Waals surface area contributed by atoms with E-state index in [1.165, 1.54) is 18.2 Å². The van der Waals surface area contributed by atoms with Crippen molar-refractivity contribution in [3.05, 3.63) is 34.5 Å². The number of hydrogen-bond donors (Lipinski definition) is 2. The Bertz CT molecular complexity index is 296. The maximum absolute atomic E-state index is 10.7. The molecule has 0 atom stereocenters. The Morgan fingerprint density at radius 2 is 2.10 bits per heavy atom. The van der Waals surface area contributed by atoms with Gasteiger partial charge in [0, 0.05) is 11.8 Å². The summed E-state index contributed by atoms with van der Waals surface area (Å²) >= 11 is 0. The molecule has 1 aromatic carbocycles. The fraction of sp³-hybridized carbons (Fsp3) is 0. The van der Waals surface area contributed by atoms with E-state index >= 15 is 0 Å². The molecular weight excluding hydrogens is 130 g/mol. The lowest BCUT2D eigenvalue weighted by molar-refractivity contribution is 0.471. The van der Waals surface area contributed by atoms with Crippen LogP contribution in [-0.4, -0.2) is 5.11 Å². The van der Waals surface area contributed by atoms with Crippen molar-refractivity contribution in [2.45, 2.75) is 0 Å². The standard InChI is InChI=1S/C7H7NO2/c8-5-2-1-3-6(9)7(10)4-5/h1-4H,8H2,(H,9,10). The molecule has 0 aliphatic rings. The van der Waals surface area contributed by atoms with Crippen molar-refractivity contribution in [3.63, 3.8) is 0 Å². The second kappa shape index (κ2) is 2.39. The first kappa shape index (κ1) is 6.61. The number of anilines is 1. The first-order valence-electron chi connectivity index (χ1n) is 2.79. The Kier molecular flexibility index (Phi) is 1.58. The van der Waals surface area contributed by atoms with Crippen molar-refractivity contribution in [1.82, 2.24) is 0 Å². The van der Waals surface area contributed by atoms with Crippen LogP contribution in [0.15, 0.2) is 29.1 Å². The molecule has 0 unspecified atom stereocenters. The molecular formula is C7H7NO2. The largest absolute Gasteiger partial charge is 0.504 e. The Morgan fingerprint density at radius 3 is 2.80 bits per heavy atom. The summed E-state index contributed by atoms with van der Waals surface area (Å²) in [7, 11) is 0. The Hall–Kier alpha value is -1.51. The minimum Gasteiger partial charge on any atom is -0.504 e. The topological polar surface area (TPSA) is 63.3 Å². The third-order valence-electron chi connectivity index (χ3n) is 1.09. The molecule has 0 radical (unpaired) electrons. The predicted octanol–water partition coefficient (Wildman–Crippen LogP) is 0.335. The van der Waals surface area contributed by atoms with Crippen molar-refractivity contribution in [3.8, 4) is 5.75 Å². The van der Waals surface area contributed by atoms with Crippen molar-refractivity contribution in [2.24, 2.45) is 0 Å². The monoisotopic (exact) mass is 137 g/mol. The molecule has 0 saturated heterocycles. The summed E-state index contributed by atoms with van der Waals surface area (Å²) in [6.45, 7) is 0. The third kappa shape index (κ3) is 1.25. The van der Waals surface area contributed by atoms with Crippen molar-refractivity contribution in [2.75, 3.05) is 5.73 Å². The van der Waals surface area contributed by atoms with E-state index in [0.29, 0.717) is 5.69 Å². The van der Waals surface area contributed by atoms with Crippen LogP contribution >= 0.6 is 0 Å². The fourth-order valence-corrected chi connectivity index (χ4v) is 0.606. The zero-order valence-corrected chi connectivity index (χ0v) is 5.24. The van der Waals surface area contributed by atoms with Crippen LogP contribution in [0.1, 0.15) is 0 Å². The van der Waals surface area contributed by atoms with Gasteiger partial charge in [-0.3, -0.25) is 4.79 Å². The highest BCUT2D eigenvalue weighted by Crippen LogP contribution is 2.00. The maximum atomic E-state index is 10.7. The first-order chi connectivity index (χ1) is 4.70. The number of rotatable bonds is 0. The zero-order chi connectivity index (χ0) is 7.56. The van der Waals surface area contributed by atoms with Gasteiger partial charge in [0.25, 0.3) is 0 Å². The summed E-state index contributed by atoms with van der Waals surface area (Å²) in [4.78, 5) is 10.7. The summed E-state index contributed by atoms with van der Waals surface area (Å²) in [6, 6.07) is 5.54. The Labute approximate surface area is 57.7 Å². The average Bonchev–Trinajstić information content (AvgIpc) is 1.96. The van der Waals surface area contributed by atoms with Gasteiger partial charge in [0.2, 0.25) is 5.43 Å². The highest BCUT2D eigenvalue weighted by Gasteiger charge is 1.90. The number of aromatic hydroxyl groups is 1. The summed E-state index contributed by atoms with van der Waals surface area (Å²) < 4.78 is 0. The molecule has 0 spiro atoms. The van der Waals surface area contributed by atoms with E-state index in [2.05, 4.69) is 0 Å². The van der Waals surface area contributed by atoms with Gasteiger partial charge >= 0.3 is 0 Å². The van der Waals surface area contributed by atoms with Gasteiger partial charge in [-0.2, -0.15) is 0 Å². The molecule has 0 heterocycles. The van der Waals surface area contributed by atoms with Crippen molar-refractivity contribution in [1.29, 1.82) is 0 Å². The predicted molar refractivity (Wildman–Crippen MR) is 38.8 cm³/mol. The normalized spacial score (nSPS) is 9.20. The van der Waals surface area contributed by atoms with E-state index in [-0.39, 0.29) is 5.75 Å². The van der Waals surface area contributed by atoms with Gasteiger partial charge in [0.15, 0.2) is 5.75 Å². The molecule has 0 saturated carbocycles. The smallest absolute Gasteiger partial charge is 0.222 e. The summed E-state index contributed by atoms with van der Waals surface area (Å²) in [5.41, 5.74) is 5.19. The molecule has 3 heteroatoms. The van der Waals surface area contributed by atoms with Crippen LogP contribution < -0.4 is 11.2 Å². The first-order valence-corrected chi connectivity index (χ1v) is 2.79. The van der Waals surface area contributed by atoms with E-state index in [4.69, 9.17) is 10.8 Å². The lowest BCUT2D eigenvalue weighted by Gasteiger charge is -1.77. The van der Waals surface area contributed by atoms with Crippen LogP contribution in [0.4, 0.5) is 5.69 Å². The van der Waals surface area contributed by atoms with Gasteiger partial charge in [-0.05, 0) is 12.1 Å². The molecule has 0 aliphatic heterocycles. The molecule has 0 fully saturated rings. The van der Waals surface area contributed by atoms with Crippen LogP contribution in [0.2, 0.25) is 0 Å². The van der Waals surface area contributed by atoms with E-state index in [1.807, 2.05) is 0 Å². The molecule has 3 N–H and O–H groups in total. The van der Waals surface area contributed by atoms with Crippen LogP contribution in [0.5, 0.6) is 5.75 Å². The summed E-state index contributed by atoms with van der Waals surface area (Å²) in [5, 5.41) is 8.84. The third-order valence-corrected chi connectivity index (χ3v) is 1.09. The van der Waals surface area contributed by atoms with Gasteiger partial charge in [-0.15, -0.1) is 0 Å². The van der Waals surface area contributed by atoms with Gasteiger partial charge in [0.1, 0.15) is 0 Å². The highest BCUT2D eigenvalue weighted by molar-refractivity contribution is 5.38. The van der Waals surface area contributed by atoms with Gasteiger partial charge in [-0.25, -0.2) is 0 Å². The van der Waals surface area contributed by atoms with Crippen LogP contribution in [0.3, 0.4) is 0 Å². The number of nitrogens with two attached hydrogens (primary N) is 1. The molecule has 0 aliphatic carbocycles. The van der Waals surface area contributed by atoms with E-state index in [0.717, 1.165) is 0 Å². The van der Waals surface area contributed by atoms with E-state index in [1.54, 1.807) is 6.07 Å². The van der Waals surface area contributed by atoms with Gasteiger partial charge in [-0.1, -0.05) is 6.07 Å². The van der Waals surface area contributed by atoms with Gasteiger partial charge in [0.05, 0.1) is 0 Å². The second-order valence-corrected chi connectivity index (χ2v) is 1.92. The zero-order valence-electron chi connectivity index (χ0n) is 5.24. The molecule has 52 valence electrons. The lowest BCUT2D eigenvalue weighted by Crippen LogP contribution is -1.94. The van der Waals surface area contributed by atoms with Crippen LogP contribution in [0.25, 0.3) is 0 Å². The molecule has 1 rings (SSSR count). The summed E-state index contributed by atoms with van der Waals surface area (Å²) in [6.07, 6.45) is 0. The Balaban J connectivity index is 3.46. The quantitative estimate of drug-likeness (QED) is 0.541. The minimum absolute atomic E-state index is 0.281. The summed E-state index contributed by atoms with van der Waals surface area (Å²) in [5.74, 6) is -0.281. The van der Waals surface area contributed by atoms with Crippen molar-refractivity contribution >= 4 is 5.69 Å². The number of nitrogen functional groups attached to an aromatic ring is 1.